The van der Waals surface area contributed by atoms with Gasteiger partial charge in [0, 0.05) is 35.8 Å². The molecule has 1 N–H and O–H groups in total. The predicted molar refractivity (Wildman–Crippen MR) is 129 cm³/mol. The van der Waals surface area contributed by atoms with Crippen LogP contribution in [0.3, 0.4) is 0 Å². The van der Waals surface area contributed by atoms with Crippen molar-refractivity contribution in [2.75, 3.05) is 19.7 Å². The van der Waals surface area contributed by atoms with E-state index in [-0.39, 0.29) is 47.4 Å². The zero-order valence-corrected chi connectivity index (χ0v) is 20.2. The first-order valence-electron chi connectivity index (χ1n) is 11.7. The van der Waals surface area contributed by atoms with E-state index >= 15 is 0 Å². The second-order valence-corrected chi connectivity index (χ2v) is 11.2. The van der Waals surface area contributed by atoms with Crippen LogP contribution < -0.4 is 5.32 Å². The molecule has 2 unspecified atom stereocenters. The molecule has 5 heterocycles. The Balaban J connectivity index is 1.33. The number of likely N-dealkylation sites (tertiary alicyclic amines) is 1. The normalized spacial score (nSPS) is 25.3. The summed E-state index contributed by atoms with van der Waals surface area (Å²) in [6.45, 7) is 6.71. The van der Waals surface area contributed by atoms with Crippen molar-refractivity contribution >= 4 is 39.1 Å². The highest BCUT2D eigenvalue weighted by atomic mass is 32.1. The van der Waals surface area contributed by atoms with Crippen LogP contribution in [0, 0.1) is 27.4 Å². The van der Waals surface area contributed by atoms with Crippen LogP contribution in [0.1, 0.15) is 18.7 Å². The SMILES string of the molecule is CC1(C)C2C(=O)N(Cc3cc4nccc(-c5cc([N+](=O)[O-])cn5C[C@@H]5CNCCO5)c4s3)C(=O)C21. The molecule has 0 spiro atoms. The van der Waals surface area contributed by atoms with E-state index < -0.39 is 4.92 Å². The van der Waals surface area contributed by atoms with Gasteiger partial charge in [-0.2, -0.15) is 0 Å². The number of amides is 2. The minimum Gasteiger partial charge on any atom is -0.374 e. The molecule has 182 valence electrons. The van der Waals surface area contributed by atoms with Gasteiger partial charge in [0.1, 0.15) is 0 Å². The van der Waals surface area contributed by atoms with E-state index in [0.717, 1.165) is 27.2 Å². The second-order valence-electron chi connectivity index (χ2n) is 10.0. The fourth-order valence-electron chi connectivity index (χ4n) is 5.51. The third kappa shape index (κ3) is 3.57. The molecule has 0 aromatic carbocycles. The molecule has 3 aromatic rings. The molecule has 35 heavy (non-hydrogen) atoms. The van der Waals surface area contributed by atoms with Gasteiger partial charge in [0.05, 0.1) is 64.7 Å². The summed E-state index contributed by atoms with van der Waals surface area (Å²) in [5.41, 5.74) is 2.05. The average Bonchev–Trinajstić information content (AvgIpc) is 3.19. The van der Waals surface area contributed by atoms with E-state index in [1.165, 1.54) is 16.2 Å². The fraction of sp³-hybridized carbons (Fsp3) is 0.458. The number of hydrogen-bond donors (Lipinski definition) is 1. The maximum absolute atomic E-state index is 12.8. The van der Waals surface area contributed by atoms with Crippen molar-refractivity contribution in [3.63, 3.8) is 0 Å². The Hall–Kier alpha value is -3.15. The third-order valence-corrected chi connectivity index (χ3v) is 8.58. The molecule has 1 aliphatic carbocycles. The number of nitrogens with one attached hydrogen (secondary N) is 1. The van der Waals surface area contributed by atoms with Gasteiger partial charge in [-0.05, 0) is 17.5 Å². The predicted octanol–water partition coefficient (Wildman–Crippen LogP) is 2.80. The molecular formula is C24H25N5O5S. The van der Waals surface area contributed by atoms with Crippen LogP contribution in [0.2, 0.25) is 0 Å². The average molecular weight is 496 g/mol. The number of fused-ring (bicyclic) bond motifs is 2. The van der Waals surface area contributed by atoms with E-state index in [0.29, 0.717) is 25.4 Å². The highest BCUT2D eigenvalue weighted by Crippen LogP contribution is 2.63. The van der Waals surface area contributed by atoms with Crippen LogP contribution >= 0.6 is 11.3 Å². The monoisotopic (exact) mass is 495 g/mol. The third-order valence-electron chi connectivity index (χ3n) is 7.44. The van der Waals surface area contributed by atoms with Gasteiger partial charge < -0.3 is 14.6 Å². The number of rotatable bonds is 6. The molecule has 1 saturated carbocycles. The summed E-state index contributed by atoms with van der Waals surface area (Å²) in [4.78, 5) is 43.4. The van der Waals surface area contributed by atoms with Gasteiger partial charge in [0.15, 0.2) is 0 Å². The molecule has 0 bridgehead atoms. The van der Waals surface area contributed by atoms with Crippen molar-refractivity contribution in [2.24, 2.45) is 17.3 Å². The highest BCUT2D eigenvalue weighted by molar-refractivity contribution is 7.19. The Morgan fingerprint density at radius 2 is 2.06 bits per heavy atom. The lowest BCUT2D eigenvalue weighted by Gasteiger charge is -2.24. The number of aromatic nitrogens is 2. The number of carbonyl (C=O) groups excluding carboxylic acids is 2. The summed E-state index contributed by atoms with van der Waals surface area (Å²) in [6.07, 6.45) is 3.14. The van der Waals surface area contributed by atoms with Gasteiger partial charge >= 0.3 is 0 Å². The van der Waals surface area contributed by atoms with Crippen molar-refractivity contribution < 1.29 is 19.2 Å². The molecule has 6 rings (SSSR count). The van der Waals surface area contributed by atoms with Crippen LogP contribution in [0.5, 0.6) is 0 Å². The van der Waals surface area contributed by atoms with E-state index in [9.17, 15) is 19.7 Å². The Morgan fingerprint density at radius 1 is 1.29 bits per heavy atom. The molecule has 2 aliphatic heterocycles. The largest absolute Gasteiger partial charge is 0.374 e. The summed E-state index contributed by atoms with van der Waals surface area (Å²) < 4.78 is 8.56. The molecule has 3 atom stereocenters. The van der Waals surface area contributed by atoms with E-state index in [1.54, 1.807) is 18.5 Å². The molecular weight excluding hydrogens is 470 g/mol. The fourth-order valence-corrected chi connectivity index (χ4v) is 6.64. The second kappa shape index (κ2) is 7.94. The topological polar surface area (TPSA) is 120 Å². The number of piperidine rings is 1. The maximum atomic E-state index is 12.8. The maximum Gasteiger partial charge on any atom is 0.287 e. The van der Waals surface area contributed by atoms with E-state index in [4.69, 9.17) is 4.74 Å². The van der Waals surface area contributed by atoms with Crippen LogP contribution in [0.15, 0.2) is 30.6 Å². The van der Waals surface area contributed by atoms with Gasteiger partial charge in [-0.25, -0.2) is 0 Å². The first-order chi connectivity index (χ1) is 16.8. The Morgan fingerprint density at radius 3 is 2.74 bits per heavy atom. The zero-order chi connectivity index (χ0) is 24.5. The standard InChI is InChI=1S/C24H25N5O5S/c1-24(2)19-20(24)23(31)28(22(19)30)12-15-8-17-21(35-15)16(3-4-26-17)18-7-13(29(32)33)10-27(18)11-14-9-25-5-6-34-14/h3-4,7-8,10,14,19-20,25H,5-6,9,11-12H2,1-2H3/t14-,19?,20?/m0/s1. The number of thiophene rings is 1. The molecule has 2 saturated heterocycles. The lowest BCUT2D eigenvalue weighted by Crippen LogP contribution is -2.40. The summed E-state index contributed by atoms with van der Waals surface area (Å²) in [7, 11) is 0. The number of pyridine rings is 1. The smallest absolute Gasteiger partial charge is 0.287 e. The molecule has 3 aromatic heterocycles. The lowest BCUT2D eigenvalue weighted by atomic mass is 10.1. The van der Waals surface area contributed by atoms with Crippen LogP contribution in [0.25, 0.3) is 21.5 Å². The van der Waals surface area contributed by atoms with Crippen LogP contribution in [0.4, 0.5) is 5.69 Å². The molecule has 3 aliphatic rings. The number of hydrogen-bond acceptors (Lipinski definition) is 8. The molecule has 10 nitrogen and oxygen atoms in total. The van der Waals surface area contributed by atoms with E-state index in [2.05, 4.69) is 10.3 Å². The van der Waals surface area contributed by atoms with Gasteiger partial charge in [0.25, 0.3) is 5.69 Å². The number of morpholine rings is 1. The first kappa shape index (κ1) is 22.3. The molecule has 11 heteroatoms. The number of imide groups is 1. The lowest BCUT2D eigenvalue weighted by molar-refractivity contribution is -0.384. The molecule has 2 amide bonds. The summed E-state index contributed by atoms with van der Waals surface area (Å²) in [5.74, 6) is -0.612. The van der Waals surface area contributed by atoms with Gasteiger partial charge in [0.2, 0.25) is 11.8 Å². The number of ether oxygens (including phenoxy) is 1. The molecule has 0 radical (unpaired) electrons. The van der Waals surface area contributed by atoms with Gasteiger partial charge in [-0.1, -0.05) is 13.8 Å². The van der Waals surface area contributed by atoms with Crippen molar-refractivity contribution in [1.82, 2.24) is 19.8 Å². The minimum absolute atomic E-state index is 0.0145. The number of nitro groups is 1. The van der Waals surface area contributed by atoms with Gasteiger partial charge in [-0.3, -0.25) is 29.6 Å². The Bertz CT molecular complexity index is 1350. The zero-order valence-electron chi connectivity index (χ0n) is 19.4. The Kier molecular flexibility index (Phi) is 5.06. The Labute approximate surface area is 205 Å². The van der Waals surface area contributed by atoms with Crippen molar-refractivity contribution in [3.05, 3.63) is 45.6 Å². The van der Waals surface area contributed by atoms with Gasteiger partial charge in [-0.15, -0.1) is 11.3 Å². The van der Waals surface area contributed by atoms with Crippen molar-refractivity contribution in [2.45, 2.75) is 33.0 Å². The highest BCUT2D eigenvalue weighted by Gasteiger charge is 2.72. The number of carbonyl (C=O) groups is 2. The summed E-state index contributed by atoms with van der Waals surface area (Å²) in [5, 5.41) is 14.8. The quantitative estimate of drug-likeness (QED) is 0.317. The summed E-state index contributed by atoms with van der Waals surface area (Å²) in [6, 6.07) is 5.32. The van der Waals surface area contributed by atoms with Crippen molar-refractivity contribution in [3.8, 4) is 11.3 Å². The minimum atomic E-state index is -0.393. The first-order valence-corrected chi connectivity index (χ1v) is 12.5. The van der Waals surface area contributed by atoms with Crippen LogP contribution in [-0.2, 0) is 27.4 Å². The number of nitrogens with zero attached hydrogens (tertiary/aromatic N) is 4. The van der Waals surface area contributed by atoms with E-state index in [1.807, 2.05) is 30.5 Å². The molecule has 3 fully saturated rings. The van der Waals surface area contributed by atoms with Crippen LogP contribution in [-0.4, -0.2) is 57.0 Å². The summed E-state index contributed by atoms with van der Waals surface area (Å²) >= 11 is 1.46. The van der Waals surface area contributed by atoms with Crippen molar-refractivity contribution in [1.29, 1.82) is 0 Å².